The highest BCUT2D eigenvalue weighted by atomic mass is 32.2. The lowest BCUT2D eigenvalue weighted by molar-refractivity contribution is -0.138. The fourth-order valence-corrected chi connectivity index (χ4v) is 4.67. The molecule has 3 rings (SSSR count). The lowest BCUT2D eigenvalue weighted by Gasteiger charge is -2.38. The molecule has 0 bridgehead atoms. The van der Waals surface area contributed by atoms with Gasteiger partial charge in [0.25, 0.3) is 0 Å². The van der Waals surface area contributed by atoms with Crippen LogP contribution in [0, 0.1) is 5.92 Å². The van der Waals surface area contributed by atoms with Gasteiger partial charge < -0.3 is 4.90 Å². The third-order valence-corrected chi connectivity index (χ3v) is 6.63. The summed E-state index contributed by atoms with van der Waals surface area (Å²) in [7, 11) is -3.22. The van der Waals surface area contributed by atoms with Crippen LogP contribution in [0.1, 0.15) is 18.4 Å². The smallest absolute Gasteiger partial charge is 0.227 e. The average Bonchev–Trinajstić information content (AvgIpc) is 2.68. The van der Waals surface area contributed by atoms with Crippen molar-refractivity contribution in [2.24, 2.45) is 5.92 Å². The van der Waals surface area contributed by atoms with Crippen molar-refractivity contribution in [1.29, 1.82) is 0 Å². The van der Waals surface area contributed by atoms with E-state index in [4.69, 9.17) is 0 Å². The van der Waals surface area contributed by atoms with Gasteiger partial charge in [-0.15, -0.1) is 0 Å². The number of piperidine rings is 1. The van der Waals surface area contributed by atoms with E-state index in [9.17, 15) is 13.2 Å². The van der Waals surface area contributed by atoms with E-state index >= 15 is 0 Å². The molecule has 1 aromatic rings. The van der Waals surface area contributed by atoms with Crippen molar-refractivity contribution < 1.29 is 13.2 Å². The maximum atomic E-state index is 12.8. The summed E-state index contributed by atoms with van der Waals surface area (Å²) in [6.45, 7) is 4.88. The lowest BCUT2D eigenvalue weighted by Crippen LogP contribution is -2.52. The number of amides is 1. The fourth-order valence-electron chi connectivity index (χ4n) is 3.76. The van der Waals surface area contributed by atoms with Crippen LogP contribution in [0.25, 0.3) is 6.08 Å². The van der Waals surface area contributed by atoms with E-state index in [1.165, 1.54) is 16.1 Å². The van der Waals surface area contributed by atoms with E-state index in [2.05, 4.69) is 29.2 Å². The van der Waals surface area contributed by atoms with Gasteiger partial charge in [0.05, 0.1) is 12.2 Å². The molecule has 2 fully saturated rings. The second kappa shape index (κ2) is 8.99. The number of carbonyl (C=O) groups is 1. The maximum absolute atomic E-state index is 12.8. The number of carbonyl (C=O) groups excluding carboxylic acids is 1. The Labute approximate surface area is 162 Å². The lowest BCUT2D eigenvalue weighted by atomic mass is 9.98. The standard InChI is InChI=1S/C20H29N3O3S/c1-27(25,26)23-12-6-10-19(17-23)20(24)22-15-13-21(14-16-22)11-5-9-18-7-3-2-4-8-18/h2-5,7-9,19H,6,10-17H2,1H3. The van der Waals surface area contributed by atoms with Gasteiger partial charge in [-0.1, -0.05) is 42.5 Å². The van der Waals surface area contributed by atoms with Crippen molar-refractivity contribution in [3.63, 3.8) is 0 Å². The Balaban J connectivity index is 1.46. The third kappa shape index (κ3) is 5.64. The van der Waals surface area contributed by atoms with E-state index in [1.54, 1.807) is 0 Å². The number of sulfonamides is 1. The predicted octanol–water partition coefficient (Wildman–Crippen LogP) is 1.52. The van der Waals surface area contributed by atoms with Crippen LogP contribution in [0.3, 0.4) is 0 Å². The number of hydrogen-bond donors (Lipinski definition) is 0. The van der Waals surface area contributed by atoms with Crippen LogP contribution in [-0.2, 0) is 14.8 Å². The summed E-state index contributed by atoms with van der Waals surface area (Å²) < 4.78 is 25.0. The Morgan fingerprint density at radius 3 is 2.48 bits per heavy atom. The molecule has 7 heteroatoms. The molecule has 6 nitrogen and oxygen atoms in total. The van der Waals surface area contributed by atoms with Crippen molar-refractivity contribution >= 4 is 22.0 Å². The van der Waals surface area contributed by atoms with Crippen LogP contribution >= 0.6 is 0 Å². The molecule has 0 aliphatic carbocycles. The summed E-state index contributed by atoms with van der Waals surface area (Å²) in [5, 5.41) is 0. The highest BCUT2D eigenvalue weighted by Gasteiger charge is 2.33. The van der Waals surface area contributed by atoms with Crippen molar-refractivity contribution in [1.82, 2.24) is 14.1 Å². The average molecular weight is 392 g/mol. The minimum absolute atomic E-state index is 0.114. The molecule has 148 valence electrons. The molecule has 1 unspecified atom stereocenters. The molecule has 0 N–H and O–H groups in total. The third-order valence-electron chi connectivity index (χ3n) is 5.36. The van der Waals surface area contributed by atoms with Gasteiger partial charge in [-0.3, -0.25) is 9.69 Å². The van der Waals surface area contributed by atoms with Crippen LogP contribution < -0.4 is 0 Å². The number of rotatable bonds is 5. The van der Waals surface area contributed by atoms with E-state index in [-0.39, 0.29) is 11.8 Å². The fraction of sp³-hybridized carbons (Fsp3) is 0.550. The van der Waals surface area contributed by atoms with Crippen LogP contribution in [0.5, 0.6) is 0 Å². The Bertz CT molecular complexity index is 756. The Morgan fingerprint density at radius 1 is 1.11 bits per heavy atom. The molecular formula is C20H29N3O3S. The first-order chi connectivity index (χ1) is 12.9. The van der Waals surface area contributed by atoms with Crippen LogP contribution in [0.15, 0.2) is 36.4 Å². The summed E-state index contributed by atoms with van der Waals surface area (Å²) >= 11 is 0. The van der Waals surface area contributed by atoms with Crippen molar-refractivity contribution in [2.45, 2.75) is 12.8 Å². The SMILES string of the molecule is CS(=O)(=O)N1CCCC(C(=O)N2CCN(CC=Cc3ccccc3)CC2)C1. The van der Waals surface area contributed by atoms with Gasteiger partial charge >= 0.3 is 0 Å². The zero-order chi connectivity index (χ0) is 19.3. The molecule has 2 saturated heterocycles. The Kier molecular flexibility index (Phi) is 6.68. The van der Waals surface area contributed by atoms with Crippen molar-refractivity contribution in [2.75, 3.05) is 52.1 Å². The van der Waals surface area contributed by atoms with Gasteiger partial charge in [-0.2, -0.15) is 0 Å². The van der Waals surface area contributed by atoms with Gasteiger partial charge in [-0.25, -0.2) is 12.7 Å². The summed E-state index contributed by atoms with van der Waals surface area (Å²) in [6, 6.07) is 10.2. The zero-order valence-corrected chi connectivity index (χ0v) is 16.8. The van der Waals surface area contributed by atoms with E-state index < -0.39 is 10.0 Å². The van der Waals surface area contributed by atoms with Crippen molar-refractivity contribution in [3.8, 4) is 0 Å². The molecule has 1 amide bonds. The van der Waals surface area contributed by atoms with E-state index in [0.717, 1.165) is 32.5 Å². The second-order valence-electron chi connectivity index (χ2n) is 7.40. The van der Waals surface area contributed by atoms with Gasteiger partial charge in [0, 0.05) is 45.8 Å². The molecular weight excluding hydrogens is 362 g/mol. The highest BCUT2D eigenvalue weighted by Crippen LogP contribution is 2.21. The van der Waals surface area contributed by atoms with Gasteiger partial charge in [0.15, 0.2) is 0 Å². The maximum Gasteiger partial charge on any atom is 0.227 e. The second-order valence-corrected chi connectivity index (χ2v) is 9.38. The number of nitrogens with zero attached hydrogens (tertiary/aromatic N) is 3. The van der Waals surface area contributed by atoms with Gasteiger partial charge in [-0.05, 0) is 18.4 Å². The normalized spacial score (nSPS) is 23.0. The van der Waals surface area contributed by atoms with Crippen LogP contribution in [-0.4, -0.2) is 80.5 Å². The summed E-state index contributed by atoms with van der Waals surface area (Å²) in [5.74, 6) is -0.0826. The van der Waals surface area contributed by atoms with Gasteiger partial charge in [0.1, 0.15) is 0 Å². The first-order valence-corrected chi connectivity index (χ1v) is 11.5. The molecule has 2 aliphatic rings. The molecule has 0 spiro atoms. The van der Waals surface area contributed by atoms with Crippen LogP contribution in [0.2, 0.25) is 0 Å². The monoisotopic (exact) mass is 391 g/mol. The first-order valence-electron chi connectivity index (χ1n) is 9.61. The molecule has 2 heterocycles. The zero-order valence-electron chi connectivity index (χ0n) is 16.0. The highest BCUT2D eigenvalue weighted by molar-refractivity contribution is 7.88. The topological polar surface area (TPSA) is 60.9 Å². The molecule has 2 aliphatic heterocycles. The number of piperazine rings is 1. The molecule has 1 aromatic carbocycles. The van der Waals surface area contributed by atoms with E-state index in [0.29, 0.717) is 26.2 Å². The molecule has 27 heavy (non-hydrogen) atoms. The predicted molar refractivity (Wildman–Crippen MR) is 108 cm³/mol. The van der Waals surface area contributed by atoms with Gasteiger partial charge in [0.2, 0.25) is 15.9 Å². The minimum atomic E-state index is -3.22. The Morgan fingerprint density at radius 2 is 1.81 bits per heavy atom. The summed E-state index contributed by atoms with van der Waals surface area (Å²) in [4.78, 5) is 17.1. The molecule has 1 atom stereocenters. The largest absolute Gasteiger partial charge is 0.340 e. The Hall–Kier alpha value is -1.70. The molecule has 0 radical (unpaired) electrons. The summed E-state index contributed by atoms with van der Waals surface area (Å²) in [6.07, 6.45) is 7.05. The molecule has 0 aromatic heterocycles. The van der Waals surface area contributed by atoms with E-state index in [1.807, 2.05) is 23.1 Å². The number of hydrogen-bond acceptors (Lipinski definition) is 4. The first kappa shape index (κ1) is 20.0. The number of benzene rings is 1. The minimum Gasteiger partial charge on any atom is -0.340 e. The van der Waals surface area contributed by atoms with Crippen molar-refractivity contribution in [3.05, 3.63) is 42.0 Å². The molecule has 0 saturated carbocycles. The summed E-state index contributed by atoms with van der Waals surface area (Å²) in [5.41, 5.74) is 1.19. The van der Waals surface area contributed by atoms with Crippen LogP contribution in [0.4, 0.5) is 0 Å². The quantitative estimate of drug-likeness (QED) is 0.764.